The summed E-state index contributed by atoms with van der Waals surface area (Å²) in [6.07, 6.45) is 8.59. The number of halogens is 1. The number of benzene rings is 1. The number of hydrogen-bond donors (Lipinski definition) is 2. The third-order valence-corrected chi connectivity index (χ3v) is 9.39. The van der Waals surface area contributed by atoms with Gasteiger partial charge in [0.15, 0.2) is 12.1 Å². The van der Waals surface area contributed by atoms with Gasteiger partial charge in [-0.3, -0.25) is 4.90 Å². The van der Waals surface area contributed by atoms with E-state index in [9.17, 15) is 9.50 Å². The third kappa shape index (κ3) is 5.28. The molecule has 11 heteroatoms. The average molecular weight is 581 g/mol. The van der Waals surface area contributed by atoms with E-state index in [0.29, 0.717) is 50.5 Å². The molecular weight excluding hydrogens is 539 g/mol. The molecule has 0 unspecified atom stereocenters. The Morgan fingerprint density at radius 3 is 2.95 bits per heavy atom. The summed E-state index contributed by atoms with van der Waals surface area (Å²) in [4.78, 5) is 18.6. The summed E-state index contributed by atoms with van der Waals surface area (Å²) in [5, 5.41) is 10.5. The van der Waals surface area contributed by atoms with E-state index in [1.165, 1.54) is 19.1 Å². The Bertz CT molecular complexity index is 1350. The van der Waals surface area contributed by atoms with Gasteiger partial charge < -0.3 is 30.0 Å². The number of alkyl halides is 1. The smallest absolute Gasteiger partial charge is 0.318 e. The molecule has 3 fully saturated rings. The standard InChI is InChI=1S/C31H41FN6O4/c1-21-5-3-12-41-17-26-27(14-22-13-24(33)6-7-25(21)22)35-29(42-19-30-8-4-10-37(30)16-23(32)15-30)36-28(26)38-11-9-31(38,18-39)34-20-40-2/h3,6-7,12-13,20-21,23,39H,4-5,8-11,14-19,33H2,1-2H3/b12-3-,34-20+/t21-,23+,30-,31-/m0/s1. The van der Waals surface area contributed by atoms with E-state index in [4.69, 9.17) is 29.9 Å². The number of aliphatic imine (C=N–C) groups is 1. The Labute approximate surface area is 246 Å². The zero-order valence-electron chi connectivity index (χ0n) is 24.5. The maximum absolute atomic E-state index is 14.5. The number of allylic oxidation sites excluding steroid dienone is 1. The maximum Gasteiger partial charge on any atom is 0.318 e. The van der Waals surface area contributed by atoms with Gasteiger partial charge in [0.25, 0.3) is 0 Å². The number of hydrogen-bond acceptors (Lipinski definition) is 10. The summed E-state index contributed by atoms with van der Waals surface area (Å²) in [7, 11) is 1.53. The highest BCUT2D eigenvalue weighted by Gasteiger charge is 2.50. The molecule has 4 aliphatic rings. The minimum absolute atomic E-state index is 0.213. The van der Waals surface area contributed by atoms with Gasteiger partial charge in [0.1, 0.15) is 25.2 Å². The van der Waals surface area contributed by atoms with Gasteiger partial charge in [0.2, 0.25) is 0 Å². The lowest BCUT2D eigenvalue weighted by molar-refractivity contribution is 0.106. The molecule has 226 valence electrons. The van der Waals surface area contributed by atoms with Gasteiger partial charge in [-0.2, -0.15) is 9.97 Å². The summed E-state index contributed by atoms with van der Waals surface area (Å²) < 4.78 is 32.0. The quantitative estimate of drug-likeness (QED) is 0.287. The van der Waals surface area contributed by atoms with Crippen LogP contribution in [0.3, 0.4) is 0 Å². The molecule has 1 aromatic carbocycles. The van der Waals surface area contributed by atoms with Crippen molar-refractivity contribution in [2.24, 2.45) is 4.99 Å². The maximum atomic E-state index is 14.5. The third-order valence-electron chi connectivity index (χ3n) is 9.39. The van der Waals surface area contributed by atoms with E-state index < -0.39 is 11.8 Å². The van der Waals surface area contributed by atoms with E-state index in [1.54, 1.807) is 6.26 Å². The number of ether oxygens (including phenoxy) is 3. The molecule has 0 radical (unpaired) electrons. The van der Waals surface area contributed by atoms with Crippen LogP contribution in [0.5, 0.6) is 6.01 Å². The lowest BCUT2D eigenvalue weighted by atomic mass is 9.89. The molecule has 0 spiro atoms. The minimum atomic E-state index is -0.915. The number of aliphatic hydroxyl groups excluding tert-OH is 1. The van der Waals surface area contributed by atoms with Crippen molar-refractivity contribution < 1.29 is 23.7 Å². The Morgan fingerprint density at radius 2 is 2.17 bits per heavy atom. The van der Waals surface area contributed by atoms with Crippen LogP contribution in [-0.2, 0) is 22.5 Å². The van der Waals surface area contributed by atoms with Gasteiger partial charge in [0.05, 0.1) is 36.8 Å². The Hall–Kier alpha value is -3.44. The lowest BCUT2D eigenvalue weighted by Gasteiger charge is -2.49. The molecule has 5 heterocycles. The number of anilines is 2. The molecule has 1 aromatic heterocycles. The molecule has 6 rings (SSSR count). The molecule has 4 atom stereocenters. The molecule has 3 N–H and O–H groups in total. The summed E-state index contributed by atoms with van der Waals surface area (Å²) in [6, 6.07) is 6.27. The van der Waals surface area contributed by atoms with Crippen LogP contribution < -0.4 is 15.4 Å². The molecule has 3 saturated heterocycles. The van der Waals surface area contributed by atoms with Crippen molar-refractivity contribution in [1.82, 2.24) is 14.9 Å². The van der Waals surface area contributed by atoms with E-state index in [0.717, 1.165) is 42.6 Å². The van der Waals surface area contributed by atoms with Crippen LogP contribution in [0, 0.1) is 0 Å². The monoisotopic (exact) mass is 580 g/mol. The first kappa shape index (κ1) is 28.7. The first-order valence-electron chi connectivity index (χ1n) is 14.9. The number of nitrogen functional groups attached to an aromatic ring is 1. The van der Waals surface area contributed by atoms with Crippen molar-refractivity contribution in [2.75, 3.05) is 50.6 Å². The summed E-state index contributed by atoms with van der Waals surface area (Å²) >= 11 is 0. The number of fused-ring (bicyclic) bond motifs is 3. The second-order valence-corrected chi connectivity index (χ2v) is 12.1. The molecule has 0 bridgehead atoms. The van der Waals surface area contributed by atoms with E-state index in [-0.39, 0.29) is 30.7 Å². The summed E-state index contributed by atoms with van der Waals surface area (Å²) in [5.41, 5.74) is 9.54. The predicted molar refractivity (Wildman–Crippen MR) is 158 cm³/mol. The molecule has 10 nitrogen and oxygen atoms in total. The second kappa shape index (κ2) is 11.7. The van der Waals surface area contributed by atoms with Gasteiger partial charge in [-0.05, 0) is 61.1 Å². The van der Waals surface area contributed by atoms with Crippen molar-refractivity contribution in [3.8, 4) is 6.01 Å². The first-order chi connectivity index (χ1) is 20.4. The number of nitrogens with two attached hydrogens (primary N) is 1. The van der Waals surface area contributed by atoms with Crippen molar-refractivity contribution in [1.29, 1.82) is 0 Å². The molecule has 0 aliphatic carbocycles. The number of aromatic nitrogens is 2. The SMILES string of the molecule is CO/C=N/[C@@]1(CO)CCN1c1nc(OC[C@@]23CCCN2C[C@H](F)C3)nc2c1CO/C=C\C[C@H](C)c1ccc(N)cc1C2. The summed E-state index contributed by atoms with van der Waals surface area (Å²) in [5.74, 6) is 0.855. The minimum Gasteiger partial charge on any atom is -0.497 e. The highest BCUT2D eigenvalue weighted by atomic mass is 19.1. The fourth-order valence-corrected chi connectivity index (χ4v) is 7.03. The average Bonchev–Trinajstić information content (AvgIpc) is 3.47. The molecule has 42 heavy (non-hydrogen) atoms. The van der Waals surface area contributed by atoms with Crippen molar-refractivity contribution >= 4 is 17.9 Å². The van der Waals surface area contributed by atoms with Crippen LogP contribution in [0.1, 0.15) is 67.3 Å². The molecule has 4 aliphatic heterocycles. The molecule has 0 amide bonds. The number of aliphatic hydroxyl groups is 1. The van der Waals surface area contributed by atoms with E-state index in [1.807, 2.05) is 23.1 Å². The second-order valence-electron chi connectivity index (χ2n) is 12.1. The van der Waals surface area contributed by atoms with Crippen LogP contribution in [0.15, 0.2) is 35.5 Å². The molecule has 2 aromatic rings. The Morgan fingerprint density at radius 1 is 1.29 bits per heavy atom. The van der Waals surface area contributed by atoms with Crippen molar-refractivity contribution in [3.05, 3.63) is 52.9 Å². The lowest BCUT2D eigenvalue weighted by Crippen LogP contribution is -2.62. The Balaban J connectivity index is 1.44. The number of methoxy groups -OCH3 is 1. The van der Waals surface area contributed by atoms with Gasteiger partial charge >= 0.3 is 6.01 Å². The number of rotatable bonds is 7. The van der Waals surface area contributed by atoms with Crippen molar-refractivity contribution in [2.45, 2.75) is 75.3 Å². The van der Waals surface area contributed by atoms with Gasteiger partial charge in [-0.25, -0.2) is 9.38 Å². The topological polar surface area (TPSA) is 119 Å². The predicted octanol–water partition coefficient (Wildman–Crippen LogP) is 3.72. The van der Waals surface area contributed by atoms with Crippen molar-refractivity contribution in [3.63, 3.8) is 0 Å². The first-order valence-corrected chi connectivity index (χ1v) is 14.9. The summed E-state index contributed by atoms with van der Waals surface area (Å²) in [6.45, 7) is 4.49. The van der Waals surface area contributed by atoms with Crippen LogP contribution in [0.25, 0.3) is 0 Å². The fourth-order valence-electron chi connectivity index (χ4n) is 7.03. The van der Waals surface area contributed by atoms with Gasteiger partial charge in [-0.15, -0.1) is 0 Å². The molecular formula is C31H41FN6O4. The normalized spacial score (nSPS) is 30.0. The van der Waals surface area contributed by atoms with E-state index in [2.05, 4.69) is 22.9 Å². The largest absolute Gasteiger partial charge is 0.497 e. The highest BCUT2D eigenvalue weighted by molar-refractivity contribution is 5.58. The van der Waals surface area contributed by atoms with Crippen LogP contribution in [0.4, 0.5) is 15.9 Å². The zero-order valence-corrected chi connectivity index (χ0v) is 24.5. The fraction of sp³-hybridized carbons (Fsp3) is 0.581. The van der Waals surface area contributed by atoms with Crippen LogP contribution >= 0.6 is 0 Å². The van der Waals surface area contributed by atoms with Gasteiger partial charge in [0, 0.05) is 38.0 Å². The van der Waals surface area contributed by atoms with Crippen LogP contribution in [0.2, 0.25) is 0 Å². The zero-order chi connectivity index (χ0) is 29.3. The van der Waals surface area contributed by atoms with Crippen LogP contribution in [-0.4, -0.2) is 83.7 Å². The van der Waals surface area contributed by atoms with E-state index >= 15 is 0 Å². The molecule has 0 saturated carbocycles. The Kier molecular flexibility index (Phi) is 7.97. The highest BCUT2D eigenvalue weighted by Crippen LogP contribution is 2.42. The van der Waals surface area contributed by atoms with Gasteiger partial charge in [-0.1, -0.05) is 13.0 Å². The number of nitrogens with zero attached hydrogens (tertiary/aromatic N) is 5.